The minimum atomic E-state index is -0.243. The van der Waals surface area contributed by atoms with E-state index in [1.165, 1.54) is 0 Å². The van der Waals surface area contributed by atoms with Gasteiger partial charge in [-0.1, -0.05) is 12.1 Å². The van der Waals surface area contributed by atoms with Gasteiger partial charge in [0.15, 0.2) is 11.5 Å². The van der Waals surface area contributed by atoms with Crippen molar-refractivity contribution < 1.29 is 14.3 Å². The molecular formula is C26H30N6O3. The van der Waals surface area contributed by atoms with Crippen LogP contribution >= 0.6 is 0 Å². The van der Waals surface area contributed by atoms with Gasteiger partial charge in [-0.3, -0.25) is 4.79 Å². The zero-order valence-corrected chi connectivity index (χ0v) is 20.0. The highest BCUT2D eigenvalue weighted by Crippen LogP contribution is 2.38. The Balaban J connectivity index is 1.48. The highest BCUT2D eigenvalue weighted by Gasteiger charge is 2.40. The van der Waals surface area contributed by atoms with E-state index in [0.29, 0.717) is 48.9 Å². The van der Waals surface area contributed by atoms with Crippen molar-refractivity contribution in [2.45, 2.75) is 44.0 Å². The first-order valence-corrected chi connectivity index (χ1v) is 12.3. The lowest BCUT2D eigenvalue weighted by molar-refractivity contribution is -0.00542. The van der Waals surface area contributed by atoms with Crippen LogP contribution in [0.1, 0.15) is 42.1 Å². The molecule has 5 heterocycles. The number of anilines is 1. The Morgan fingerprint density at radius 2 is 1.94 bits per heavy atom. The number of hydrogen-bond donors (Lipinski definition) is 2. The summed E-state index contributed by atoms with van der Waals surface area (Å²) in [7, 11) is 1.63. The maximum Gasteiger partial charge on any atom is 0.251 e. The van der Waals surface area contributed by atoms with Gasteiger partial charge in [0.2, 0.25) is 0 Å². The highest BCUT2D eigenvalue weighted by molar-refractivity contribution is 5.95. The molecule has 182 valence electrons. The van der Waals surface area contributed by atoms with E-state index in [4.69, 9.17) is 24.4 Å². The quantitative estimate of drug-likeness (QED) is 0.595. The molecule has 0 spiro atoms. The number of carbonyl (C=O) groups excluding carboxylic acids is 1. The number of fused-ring (bicyclic) bond motifs is 3. The number of rotatable bonds is 4. The number of hydrogen-bond acceptors (Lipinski definition) is 8. The third-order valence-corrected chi connectivity index (χ3v) is 7.26. The van der Waals surface area contributed by atoms with Gasteiger partial charge in [-0.05, 0) is 44.0 Å². The minimum Gasteiger partial charge on any atom is -0.377 e. The summed E-state index contributed by atoms with van der Waals surface area (Å²) < 4.78 is 11.9. The van der Waals surface area contributed by atoms with Gasteiger partial charge in [0.25, 0.3) is 5.91 Å². The largest absolute Gasteiger partial charge is 0.377 e. The molecule has 0 saturated carbocycles. The van der Waals surface area contributed by atoms with Crippen molar-refractivity contribution in [3.05, 3.63) is 47.8 Å². The van der Waals surface area contributed by atoms with E-state index in [1.807, 2.05) is 24.3 Å². The summed E-state index contributed by atoms with van der Waals surface area (Å²) in [6, 6.07) is 12.3. The molecule has 2 N–H and O–H groups in total. The SMILES string of the molecule is CNC(=O)c1cccc(-c2ccc3c(N4C5CCC4COC5)nc(C4OCCNC4C)nc3n2)c1. The summed E-state index contributed by atoms with van der Waals surface area (Å²) in [6.45, 7) is 4.97. The highest BCUT2D eigenvalue weighted by atomic mass is 16.5. The van der Waals surface area contributed by atoms with E-state index in [-0.39, 0.29) is 18.1 Å². The molecule has 3 aliphatic heterocycles. The molecule has 1 amide bonds. The van der Waals surface area contributed by atoms with Crippen LogP contribution < -0.4 is 15.5 Å². The first kappa shape index (κ1) is 22.3. The lowest BCUT2D eigenvalue weighted by Crippen LogP contribution is -2.47. The van der Waals surface area contributed by atoms with Crippen molar-refractivity contribution >= 4 is 22.8 Å². The number of morpholine rings is 2. The summed E-state index contributed by atoms with van der Waals surface area (Å²) >= 11 is 0. The predicted octanol–water partition coefficient (Wildman–Crippen LogP) is 2.47. The van der Waals surface area contributed by atoms with Crippen LogP contribution in [-0.4, -0.2) is 72.4 Å². The molecule has 4 atom stereocenters. The van der Waals surface area contributed by atoms with E-state index < -0.39 is 0 Å². The van der Waals surface area contributed by atoms with Crippen LogP contribution in [0, 0.1) is 0 Å². The molecule has 2 aromatic heterocycles. The van der Waals surface area contributed by atoms with Gasteiger partial charge in [-0.25, -0.2) is 15.0 Å². The maximum absolute atomic E-state index is 12.2. The molecule has 9 heteroatoms. The Kier molecular flexibility index (Phi) is 5.83. The maximum atomic E-state index is 12.2. The number of pyridine rings is 1. The Bertz CT molecular complexity index is 1250. The summed E-state index contributed by atoms with van der Waals surface area (Å²) in [5.41, 5.74) is 2.86. The van der Waals surface area contributed by atoms with Gasteiger partial charge < -0.3 is 25.0 Å². The van der Waals surface area contributed by atoms with Crippen LogP contribution in [0.25, 0.3) is 22.3 Å². The van der Waals surface area contributed by atoms with E-state index in [0.717, 1.165) is 41.8 Å². The number of carbonyl (C=O) groups is 1. The summed E-state index contributed by atoms with van der Waals surface area (Å²) in [4.78, 5) is 29.5. The molecule has 3 fully saturated rings. The Morgan fingerprint density at radius 3 is 2.71 bits per heavy atom. The average molecular weight is 475 g/mol. The van der Waals surface area contributed by atoms with Gasteiger partial charge in [-0.15, -0.1) is 0 Å². The molecule has 35 heavy (non-hydrogen) atoms. The molecule has 3 aliphatic rings. The van der Waals surface area contributed by atoms with Crippen LogP contribution in [0.5, 0.6) is 0 Å². The second kappa shape index (κ2) is 9.14. The van der Waals surface area contributed by atoms with E-state index in [9.17, 15) is 4.79 Å². The van der Waals surface area contributed by atoms with Crippen molar-refractivity contribution in [2.75, 3.05) is 38.3 Å². The van der Waals surface area contributed by atoms with Crippen molar-refractivity contribution in [2.24, 2.45) is 0 Å². The lowest BCUT2D eigenvalue weighted by Gasteiger charge is -2.37. The van der Waals surface area contributed by atoms with Crippen LogP contribution in [-0.2, 0) is 9.47 Å². The summed E-state index contributed by atoms with van der Waals surface area (Å²) in [5.74, 6) is 1.44. The Morgan fingerprint density at radius 1 is 1.11 bits per heavy atom. The number of ether oxygens (including phenoxy) is 2. The Hall–Kier alpha value is -3.14. The summed E-state index contributed by atoms with van der Waals surface area (Å²) in [5, 5.41) is 7.08. The molecule has 6 rings (SSSR count). The monoisotopic (exact) mass is 474 g/mol. The smallest absolute Gasteiger partial charge is 0.251 e. The number of benzene rings is 1. The molecule has 3 aromatic rings. The minimum absolute atomic E-state index is 0.0999. The van der Waals surface area contributed by atoms with E-state index in [1.54, 1.807) is 13.1 Å². The van der Waals surface area contributed by atoms with Gasteiger partial charge in [0, 0.05) is 30.8 Å². The fourth-order valence-corrected chi connectivity index (χ4v) is 5.46. The molecule has 2 bridgehead atoms. The first-order chi connectivity index (χ1) is 17.1. The molecule has 4 unspecified atom stereocenters. The number of amides is 1. The average Bonchev–Trinajstić information content (AvgIpc) is 3.14. The second-order valence-corrected chi connectivity index (χ2v) is 9.50. The molecule has 1 aromatic carbocycles. The number of nitrogens with zero attached hydrogens (tertiary/aromatic N) is 4. The zero-order chi connectivity index (χ0) is 23.9. The fourth-order valence-electron chi connectivity index (χ4n) is 5.46. The van der Waals surface area contributed by atoms with Crippen molar-refractivity contribution in [3.8, 4) is 11.3 Å². The van der Waals surface area contributed by atoms with Gasteiger partial charge in [-0.2, -0.15) is 0 Å². The van der Waals surface area contributed by atoms with Crippen molar-refractivity contribution in [1.29, 1.82) is 0 Å². The topological polar surface area (TPSA) is 102 Å². The second-order valence-electron chi connectivity index (χ2n) is 9.50. The fraction of sp³-hybridized carbons (Fsp3) is 0.462. The van der Waals surface area contributed by atoms with Gasteiger partial charge in [0.1, 0.15) is 11.9 Å². The van der Waals surface area contributed by atoms with Crippen LogP contribution in [0.2, 0.25) is 0 Å². The van der Waals surface area contributed by atoms with Crippen LogP contribution in [0.4, 0.5) is 5.82 Å². The Labute approximate surface area is 204 Å². The molecular weight excluding hydrogens is 444 g/mol. The third kappa shape index (κ3) is 4.03. The first-order valence-electron chi connectivity index (χ1n) is 12.3. The van der Waals surface area contributed by atoms with E-state index in [2.05, 4.69) is 28.5 Å². The standard InChI is InChI=1S/C26H30N6O3/c1-15-22(35-11-10-28-15)24-30-23-20(25(31-24)32-18-6-7-19(32)14-34-13-18)8-9-21(29-23)16-4-3-5-17(12-16)26(33)27-2/h3-5,8-9,12,15,18-19,22,28H,6-7,10-11,13-14H2,1-2H3,(H,27,33). The third-order valence-electron chi connectivity index (χ3n) is 7.26. The number of aromatic nitrogens is 3. The molecule has 0 aliphatic carbocycles. The summed E-state index contributed by atoms with van der Waals surface area (Å²) in [6.07, 6.45) is 1.95. The molecule has 0 radical (unpaired) electrons. The van der Waals surface area contributed by atoms with Crippen LogP contribution in [0.3, 0.4) is 0 Å². The normalized spacial score (nSPS) is 26.2. The van der Waals surface area contributed by atoms with Crippen molar-refractivity contribution in [3.63, 3.8) is 0 Å². The molecule has 9 nitrogen and oxygen atoms in total. The number of nitrogens with one attached hydrogen (secondary N) is 2. The van der Waals surface area contributed by atoms with Crippen LogP contribution in [0.15, 0.2) is 36.4 Å². The van der Waals surface area contributed by atoms with Gasteiger partial charge >= 0.3 is 0 Å². The van der Waals surface area contributed by atoms with E-state index >= 15 is 0 Å². The van der Waals surface area contributed by atoms with Gasteiger partial charge in [0.05, 0.1) is 43.0 Å². The molecule has 3 saturated heterocycles. The zero-order valence-electron chi connectivity index (χ0n) is 20.0. The van der Waals surface area contributed by atoms with Crippen molar-refractivity contribution in [1.82, 2.24) is 25.6 Å². The lowest BCUT2D eigenvalue weighted by atomic mass is 10.1. The predicted molar refractivity (Wildman–Crippen MR) is 132 cm³/mol.